The molecule has 0 aliphatic rings. The van der Waals surface area contributed by atoms with Crippen LogP contribution in [0.15, 0.2) is 6.07 Å². The van der Waals surface area contributed by atoms with Crippen LogP contribution in [0.1, 0.15) is 19.3 Å². The molecule has 0 fully saturated rings. The van der Waals surface area contributed by atoms with Gasteiger partial charge < -0.3 is 20.5 Å². The maximum Gasteiger partial charge on any atom is 0.225 e. The highest BCUT2D eigenvalue weighted by Crippen LogP contribution is 2.17. The number of nitrogens with two attached hydrogens (primary N) is 1. The summed E-state index contributed by atoms with van der Waals surface area (Å²) in [6, 6.07) is 1.75. The fourth-order valence-electron chi connectivity index (χ4n) is 1.48. The van der Waals surface area contributed by atoms with Gasteiger partial charge in [-0.05, 0) is 19.3 Å². The van der Waals surface area contributed by atoms with Gasteiger partial charge in [-0.2, -0.15) is 9.97 Å². The average molecular weight is 240 g/mol. The number of unbranched alkanes of at least 4 members (excludes halogenated alkanes) is 2. The molecule has 6 heteroatoms. The van der Waals surface area contributed by atoms with E-state index in [1.165, 1.54) is 0 Å². The van der Waals surface area contributed by atoms with Crippen molar-refractivity contribution in [3.63, 3.8) is 0 Å². The molecule has 1 aromatic heterocycles. The fraction of sp³-hybridized carbons (Fsp3) is 0.636. The summed E-state index contributed by atoms with van der Waals surface area (Å²) < 4.78 is 5.04. The Kier molecular flexibility index (Phi) is 5.48. The van der Waals surface area contributed by atoms with Crippen LogP contribution in [-0.2, 0) is 0 Å². The second-order valence-electron chi connectivity index (χ2n) is 3.83. The lowest BCUT2D eigenvalue weighted by atomic mass is 10.2. The minimum Gasteiger partial charge on any atom is -0.481 e. The van der Waals surface area contributed by atoms with Crippen LogP contribution in [0.5, 0.6) is 5.88 Å². The summed E-state index contributed by atoms with van der Waals surface area (Å²) in [7, 11) is 3.49. The number of hydrogen-bond donors (Lipinski definition) is 2. The molecule has 6 nitrogen and oxygen atoms in total. The summed E-state index contributed by atoms with van der Waals surface area (Å²) in [5, 5.41) is 8.69. The van der Waals surface area contributed by atoms with Crippen LogP contribution in [0.3, 0.4) is 0 Å². The van der Waals surface area contributed by atoms with Gasteiger partial charge in [0.1, 0.15) is 5.82 Å². The topological polar surface area (TPSA) is 84.5 Å². The van der Waals surface area contributed by atoms with E-state index in [0.29, 0.717) is 5.88 Å². The van der Waals surface area contributed by atoms with Gasteiger partial charge in [0.15, 0.2) is 0 Å². The van der Waals surface area contributed by atoms with E-state index in [1.807, 2.05) is 11.9 Å². The molecule has 0 amide bonds. The summed E-state index contributed by atoms with van der Waals surface area (Å²) in [6.45, 7) is 1.11. The van der Waals surface area contributed by atoms with E-state index in [2.05, 4.69) is 9.97 Å². The lowest BCUT2D eigenvalue weighted by molar-refractivity contribution is 0.283. The third-order valence-corrected chi connectivity index (χ3v) is 2.46. The number of ether oxygens (including phenoxy) is 1. The fourth-order valence-corrected chi connectivity index (χ4v) is 1.48. The highest BCUT2D eigenvalue weighted by Gasteiger charge is 2.06. The minimum absolute atomic E-state index is 0.210. The molecule has 3 N–H and O–H groups in total. The molecule has 0 atom stereocenters. The summed E-state index contributed by atoms with van der Waals surface area (Å²) in [5.74, 6) is 1.43. The Bertz CT molecular complexity index is 346. The van der Waals surface area contributed by atoms with Gasteiger partial charge in [0.2, 0.25) is 11.8 Å². The molecule has 0 bridgehead atoms. The van der Waals surface area contributed by atoms with Gasteiger partial charge >= 0.3 is 0 Å². The van der Waals surface area contributed by atoms with Crippen molar-refractivity contribution in [2.45, 2.75) is 19.3 Å². The van der Waals surface area contributed by atoms with Crippen molar-refractivity contribution in [1.29, 1.82) is 0 Å². The Morgan fingerprint density at radius 1 is 1.35 bits per heavy atom. The molecule has 0 unspecified atom stereocenters. The van der Waals surface area contributed by atoms with E-state index in [-0.39, 0.29) is 12.6 Å². The predicted octanol–water partition coefficient (Wildman–Crippen LogP) is 0.666. The standard InChI is InChI=1S/C11H20N4O2/c1-15(6-4-3-5-7-16)9-8-10(17-2)14-11(12)13-9/h8,16H,3-7H2,1-2H3,(H2,12,13,14). The molecule has 0 saturated carbocycles. The molecule has 0 aromatic carbocycles. The number of aromatic nitrogens is 2. The third-order valence-electron chi connectivity index (χ3n) is 2.46. The molecule has 1 aromatic rings. The van der Waals surface area contributed by atoms with Gasteiger partial charge in [-0.15, -0.1) is 0 Å². The van der Waals surface area contributed by atoms with E-state index in [1.54, 1.807) is 13.2 Å². The predicted molar refractivity (Wildman–Crippen MR) is 67.2 cm³/mol. The lowest BCUT2D eigenvalue weighted by Crippen LogP contribution is -2.20. The van der Waals surface area contributed by atoms with Gasteiger partial charge in [-0.3, -0.25) is 0 Å². The third kappa shape index (κ3) is 4.44. The maximum atomic E-state index is 8.69. The first-order valence-corrected chi connectivity index (χ1v) is 5.68. The van der Waals surface area contributed by atoms with Crippen LogP contribution in [0.4, 0.5) is 11.8 Å². The van der Waals surface area contributed by atoms with Crippen LogP contribution < -0.4 is 15.4 Å². The molecule has 0 saturated heterocycles. The Hall–Kier alpha value is -1.56. The van der Waals surface area contributed by atoms with Crippen LogP contribution in [0.2, 0.25) is 0 Å². The number of aliphatic hydroxyl groups excluding tert-OH is 1. The number of rotatable bonds is 7. The number of anilines is 2. The number of nitrogen functional groups attached to an aromatic ring is 1. The van der Waals surface area contributed by atoms with Crippen LogP contribution >= 0.6 is 0 Å². The SMILES string of the molecule is COc1cc(N(C)CCCCCO)nc(N)n1. The van der Waals surface area contributed by atoms with Gasteiger partial charge in [0.05, 0.1) is 7.11 Å². The zero-order valence-electron chi connectivity index (χ0n) is 10.4. The zero-order chi connectivity index (χ0) is 12.7. The Labute approximate surface area is 101 Å². The van der Waals surface area contributed by atoms with E-state index < -0.39 is 0 Å². The normalized spacial score (nSPS) is 10.3. The Morgan fingerprint density at radius 3 is 2.76 bits per heavy atom. The summed E-state index contributed by atoms with van der Waals surface area (Å²) >= 11 is 0. The van der Waals surface area contributed by atoms with Crippen LogP contribution in [0.25, 0.3) is 0 Å². The second-order valence-corrected chi connectivity index (χ2v) is 3.83. The molecular weight excluding hydrogens is 220 g/mol. The van der Waals surface area contributed by atoms with Gasteiger partial charge in [0, 0.05) is 26.3 Å². The molecule has 1 rings (SSSR count). The van der Waals surface area contributed by atoms with Crippen molar-refractivity contribution in [2.75, 3.05) is 37.9 Å². The smallest absolute Gasteiger partial charge is 0.225 e. The van der Waals surface area contributed by atoms with E-state index in [0.717, 1.165) is 31.6 Å². The summed E-state index contributed by atoms with van der Waals surface area (Å²) in [6.07, 6.45) is 2.84. The Balaban J connectivity index is 2.55. The van der Waals surface area contributed by atoms with Crippen molar-refractivity contribution in [3.8, 4) is 5.88 Å². The van der Waals surface area contributed by atoms with Crippen molar-refractivity contribution >= 4 is 11.8 Å². The van der Waals surface area contributed by atoms with Crippen LogP contribution in [0, 0.1) is 0 Å². The first-order chi connectivity index (χ1) is 8.17. The van der Waals surface area contributed by atoms with Crippen molar-refractivity contribution in [3.05, 3.63) is 6.07 Å². The minimum atomic E-state index is 0.210. The number of hydrogen-bond acceptors (Lipinski definition) is 6. The molecule has 96 valence electrons. The van der Waals surface area contributed by atoms with Crippen molar-refractivity contribution < 1.29 is 9.84 Å². The monoisotopic (exact) mass is 240 g/mol. The van der Waals surface area contributed by atoms with Gasteiger partial charge in [-0.1, -0.05) is 0 Å². The van der Waals surface area contributed by atoms with Crippen molar-refractivity contribution in [2.24, 2.45) is 0 Å². The zero-order valence-corrected chi connectivity index (χ0v) is 10.4. The molecular formula is C11H20N4O2. The summed E-state index contributed by atoms with van der Waals surface area (Å²) in [5.41, 5.74) is 5.59. The quantitative estimate of drug-likeness (QED) is 0.681. The largest absolute Gasteiger partial charge is 0.481 e. The summed E-state index contributed by atoms with van der Waals surface area (Å²) in [4.78, 5) is 10.1. The average Bonchev–Trinajstić information content (AvgIpc) is 2.33. The molecule has 0 aliphatic heterocycles. The first-order valence-electron chi connectivity index (χ1n) is 5.68. The van der Waals surface area contributed by atoms with E-state index in [4.69, 9.17) is 15.6 Å². The lowest BCUT2D eigenvalue weighted by Gasteiger charge is -2.18. The second kappa shape index (κ2) is 6.90. The van der Waals surface area contributed by atoms with E-state index in [9.17, 15) is 0 Å². The molecule has 1 heterocycles. The molecule has 17 heavy (non-hydrogen) atoms. The number of methoxy groups -OCH3 is 1. The number of nitrogens with zero attached hydrogens (tertiary/aromatic N) is 3. The highest BCUT2D eigenvalue weighted by molar-refractivity contribution is 5.44. The molecule has 0 spiro atoms. The highest BCUT2D eigenvalue weighted by atomic mass is 16.5. The van der Waals surface area contributed by atoms with Crippen LogP contribution in [-0.4, -0.2) is 42.4 Å². The first kappa shape index (κ1) is 13.5. The maximum absolute atomic E-state index is 8.69. The molecule has 0 radical (unpaired) electrons. The molecule has 0 aliphatic carbocycles. The van der Waals surface area contributed by atoms with E-state index >= 15 is 0 Å². The van der Waals surface area contributed by atoms with Gasteiger partial charge in [0.25, 0.3) is 0 Å². The number of aliphatic hydroxyl groups is 1. The Morgan fingerprint density at radius 2 is 2.12 bits per heavy atom. The van der Waals surface area contributed by atoms with Gasteiger partial charge in [-0.25, -0.2) is 0 Å². The van der Waals surface area contributed by atoms with Crippen molar-refractivity contribution in [1.82, 2.24) is 9.97 Å².